The molecule has 0 saturated heterocycles. The Balaban J connectivity index is 0. The van der Waals surface area contributed by atoms with E-state index in [-0.39, 0.29) is 58.2 Å². The molecule has 0 aromatic heterocycles. The number of carboxylic acid groups (broad SMARTS) is 2. The van der Waals surface area contributed by atoms with E-state index in [0.717, 1.165) is 0 Å². The van der Waals surface area contributed by atoms with Crippen LogP contribution in [-0.2, 0) is 9.59 Å². The Morgan fingerprint density at radius 3 is 1.38 bits per heavy atom. The van der Waals surface area contributed by atoms with Crippen LogP contribution in [0.25, 0.3) is 0 Å². The van der Waals surface area contributed by atoms with Gasteiger partial charge in [-0.2, -0.15) is 0 Å². The summed E-state index contributed by atoms with van der Waals surface area (Å²) in [6, 6.07) is 0. The summed E-state index contributed by atoms with van der Waals surface area (Å²) in [6.07, 6.45) is -0.806. The minimum atomic E-state index is -1.31. The predicted molar refractivity (Wildman–Crippen MR) is 27.0 cm³/mol. The van der Waals surface area contributed by atoms with Crippen LogP contribution in [0.15, 0.2) is 0 Å². The molecule has 0 aliphatic carbocycles. The van der Waals surface area contributed by atoms with Gasteiger partial charge in [-0.15, -0.1) is 0 Å². The third-order valence-corrected chi connectivity index (χ3v) is 0.302. The van der Waals surface area contributed by atoms with E-state index < -0.39 is 18.4 Å². The van der Waals surface area contributed by atoms with Crippen molar-refractivity contribution in [2.24, 2.45) is 0 Å². The van der Waals surface area contributed by atoms with Crippen LogP contribution < -0.4 is 0 Å². The van der Waals surface area contributed by atoms with Gasteiger partial charge in [0.05, 0.1) is 0 Å². The van der Waals surface area contributed by atoms with Crippen LogP contribution in [0.4, 0.5) is 0 Å². The van der Waals surface area contributed by atoms with Gasteiger partial charge in [0.15, 0.2) is 0 Å². The molecule has 0 rings (SSSR count). The molecule has 0 atom stereocenters. The molecule has 42 valence electrons. The van der Waals surface area contributed by atoms with Crippen molar-refractivity contribution in [3.63, 3.8) is 0 Å². The average molecular weight is 191 g/mol. The summed E-state index contributed by atoms with van der Waals surface area (Å²) in [5.74, 6) is -2.62. The van der Waals surface area contributed by atoms with E-state index in [0.29, 0.717) is 0 Å². The van der Waals surface area contributed by atoms with E-state index in [1.165, 1.54) is 0 Å². The Bertz CT molecular complexity index is 87.5. The van der Waals surface area contributed by atoms with E-state index in [2.05, 4.69) is 0 Å². The quantitative estimate of drug-likeness (QED) is 0.542. The molecule has 0 fully saturated rings. The van der Waals surface area contributed by atoms with Gasteiger partial charge in [-0.1, -0.05) is 0 Å². The molecule has 2 N–H and O–H groups in total. The van der Waals surface area contributed by atoms with Crippen molar-refractivity contribution >= 4 is 70.1 Å². The summed E-state index contributed by atoms with van der Waals surface area (Å²) in [5.41, 5.74) is 0. The van der Waals surface area contributed by atoms with Crippen LogP contribution in [0, 0.1) is 0 Å². The molecular formula is C3H5O4Rb. The number of rotatable bonds is 2. The van der Waals surface area contributed by atoms with Crippen molar-refractivity contribution in [3.05, 3.63) is 0 Å². The summed E-state index contributed by atoms with van der Waals surface area (Å²) >= 11 is 0. The number of carbonyl (C=O) groups is 2. The average Bonchev–Trinajstić information content (AvgIpc) is 1.27. The standard InChI is InChI=1S/C3H4O4.Rb.H/c4-2(5)1-3(6)7;;/h1H2,(H,4,5)(H,6,7);;. The van der Waals surface area contributed by atoms with Crippen LogP contribution in [-0.4, -0.2) is 80.3 Å². The summed E-state index contributed by atoms with van der Waals surface area (Å²) < 4.78 is 0. The van der Waals surface area contributed by atoms with Gasteiger partial charge >= 0.3 is 70.1 Å². The van der Waals surface area contributed by atoms with Crippen molar-refractivity contribution in [3.8, 4) is 0 Å². The van der Waals surface area contributed by atoms with Crippen molar-refractivity contribution in [1.82, 2.24) is 0 Å². The molecule has 0 bridgehead atoms. The monoisotopic (exact) mass is 190 g/mol. The SMILES string of the molecule is O=C(O)CC(=O)O.[RbH]. The Hall–Kier alpha value is 0.745. The summed E-state index contributed by atoms with van der Waals surface area (Å²) in [5, 5.41) is 15.4. The molecule has 0 aromatic carbocycles. The van der Waals surface area contributed by atoms with E-state index in [9.17, 15) is 9.59 Å². The molecule has 8 heavy (non-hydrogen) atoms. The number of carboxylic acids is 2. The molecule has 0 amide bonds. The first-order chi connectivity index (χ1) is 3.13. The first-order valence-corrected chi connectivity index (χ1v) is 1.56. The van der Waals surface area contributed by atoms with E-state index in [1.54, 1.807) is 0 Å². The topological polar surface area (TPSA) is 74.6 Å². The molecule has 0 radical (unpaired) electrons. The fraction of sp³-hybridized carbons (Fsp3) is 0.333. The predicted octanol–water partition coefficient (Wildman–Crippen LogP) is -1.10. The van der Waals surface area contributed by atoms with Crippen molar-refractivity contribution < 1.29 is 19.8 Å². The van der Waals surface area contributed by atoms with Gasteiger partial charge in [0.1, 0.15) is 6.42 Å². The molecule has 0 aromatic rings. The van der Waals surface area contributed by atoms with E-state index >= 15 is 0 Å². The Labute approximate surface area is 94.7 Å². The Kier molecular flexibility index (Phi) is 8.47. The second-order valence-corrected chi connectivity index (χ2v) is 0.964. The number of hydrogen-bond donors (Lipinski definition) is 2. The second kappa shape index (κ2) is 5.87. The summed E-state index contributed by atoms with van der Waals surface area (Å²) in [6.45, 7) is 0. The zero-order chi connectivity index (χ0) is 5.86. The first kappa shape index (κ1) is 11.5. The zero-order valence-electron chi connectivity index (χ0n) is 3.42. The fourth-order valence-corrected chi connectivity index (χ4v) is 0.129. The molecule has 0 saturated carbocycles. The number of aliphatic carboxylic acids is 2. The van der Waals surface area contributed by atoms with Crippen LogP contribution >= 0.6 is 0 Å². The molecule has 5 heteroatoms. The van der Waals surface area contributed by atoms with Crippen LogP contribution in [0.1, 0.15) is 6.42 Å². The van der Waals surface area contributed by atoms with Gasteiger partial charge in [0.2, 0.25) is 0 Å². The third-order valence-electron chi connectivity index (χ3n) is 0.302. The minimum absolute atomic E-state index is 0. The van der Waals surface area contributed by atoms with Crippen LogP contribution in [0.2, 0.25) is 0 Å². The number of hydrogen-bond acceptors (Lipinski definition) is 2. The first-order valence-electron chi connectivity index (χ1n) is 1.56. The van der Waals surface area contributed by atoms with Gasteiger partial charge in [-0.3, -0.25) is 9.59 Å². The molecule has 0 aliphatic heterocycles. The van der Waals surface area contributed by atoms with Gasteiger partial charge < -0.3 is 10.2 Å². The fourth-order valence-electron chi connectivity index (χ4n) is 0.129. The zero-order valence-corrected chi connectivity index (χ0v) is 3.42. The van der Waals surface area contributed by atoms with Crippen molar-refractivity contribution in [2.45, 2.75) is 6.42 Å². The third kappa shape index (κ3) is 9.89. The maximum atomic E-state index is 9.43. The van der Waals surface area contributed by atoms with Crippen molar-refractivity contribution in [2.75, 3.05) is 0 Å². The molecule has 0 aliphatic rings. The molecule has 0 spiro atoms. The van der Waals surface area contributed by atoms with Gasteiger partial charge in [-0.05, 0) is 0 Å². The van der Waals surface area contributed by atoms with Crippen molar-refractivity contribution in [1.29, 1.82) is 0 Å². The molecule has 0 heterocycles. The molecule has 4 nitrogen and oxygen atoms in total. The Morgan fingerprint density at radius 2 is 1.38 bits per heavy atom. The van der Waals surface area contributed by atoms with Gasteiger partial charge in [0, 0.05) is 0 Å². The van der Waals surface area contributed by atoms with E-state index in [4.69, 9.17) is 10.2 Å². The van der Waals surface area contributed by atoms with Crippen LogP contribution in [0.5, 0.6) is 0 Å². The maximum absolute atomic E-state index is 9.43. The normalized spacial score (nSPS) is 7.00. The van der Waals surface area contributed by atoms with Gasteiger partial charge in [-0.25, -0.2) is 0 Å². The van der Waals surface area contributed by atoms with Crippen LogP contribution in [0.3, 0.4) is 0 Å². The second-order valence-electron chi connectivity index (χ2n) is 0.964. The molecule has 0 unspecified atom stereocenters. The summed E-state index contributed by atoms with van der Waals surface area (Å²) in [4.78, 5) is 18.9. The summed E-state index contributed by atoms with van der Waals surface area (Å²) in [7, 11) is 0. The van der Waals surface area contributed by atoms with E-state index in [1.807, 2.05) is 0 Å². The van der Waals surface area contributed by atoms with Gasteiger partial charge in [0.25, 0.3) is 0 Å². The molecular weight excluding hydrogens is 185 g/mol. The Morgan fingerprint density at radius 1 is 1.12 bits per heavy atom.